The van der Waals surface area contributed by atoms with Crippen LogP contribution in [0.25, 0.3) is 11.1 Å². The number of ether oxygens (including phenoxy) is 2. The SMILES string of the molecule is O=C(NCC(F)(F)C(=O)NCC1CC(C(=O)O)CO1)OCC1c2ccccc2-c2ccccc21. The summed E-state index contributed by atoms with van der Waals surface area (Å²) in [6.07, 6.45) is -1.59. The van der Waals surface area contributed by atoms with Gasteiger partial charge in [-0.1, -0.05) is 48.5 Å². The number of hydrogen-bond donors (Lipinski definition) is 3. The second-order valence-corrected chi connectivity index (χ2v) is 8.32. The maximum atomic E-state index is 14.2. The number of aliphatic carboxylic acids is 1. The molecule has 1 aliphatic carbocycles. The van der Waals surface area contributed by atoms with Crippen molar-refractivity contribution in [3.05, 3.63) is 59.7 Å². The maximum absolute atomic E-state index is 14.2. The molecule has 0 bridgehead atoms. The van der Waals surface area contributed by atoms with Gasteiger partial charge in [-0.2, -0.15) is 8.78 Å². The molecule has 2 aromatic rings. The Kier molecular flexibility index (Phi) is 6.78. The molecule has 0 saturated carbocycles. The monoisotopic (exact) mass is 474 g/mol. The topological polar surface area (TPSA) is 114 Å². The zero-order valence-corrected chi connectivity index (χ0v) is 18.1. The maximum Gasteiger partial charge on any atom is 0.407 e. The van der Waals surface area contributed by atoms with E-state index >= 15 is 0 Å². The highest BCUT2D eigenvalue weighted by Gasteiger charge is 2.40. The van der Waals surface area contributed by atoms with Crippen molar-refractivity contribution in [3.63, 3.8) is 0 Å². The Morgan fingerprint density at radius 1 is 1.03 bits per heavy atom. The predicted octanol–water partition coefficient (Wildman–Crippen LogP) is 2.77. The van der Waals surface area contributed by atoms with E-state index < -0.39 is 42.5 Å². The van der Waals surface area contributed by atoms with Gasteiger partial charge in [0.1, 0.15) is 6.61 Å². The van der Waals surface area contributed by atoms with E-state index in [-0.39, 0.29) is 32.1 Å². The van der Waals surface area contributed by atoms with Gasteiger partial charge in [0.25, 0.3) is 5.91 Å². The molecule has 2 amide bonds. The average molecular weight is 474 g/mol. The van der Waals surface area contributed by atoms with Crippen molar-refractivity contribution in [3.8, 4) is 11.1 Å². The number of amides is 2. The van der Waals surface area contributed by atoms with Crippen LogP contribution in [0.4, 0.5) is 13.6 Å². The van der Waals surface area contributed by atoms with E-state index in [0.717, 1.165) is 22.3 Å². The molecule has 1 fully saturated rings. The van der Waals surface area contributed by atoms with Gasteiger partial charge in [0.15, 0.2) is 0 Å². The van der Waals surface area contributed by atoms with Crippen molar-refractivity contribution in [2.75, 3.05) is 26.3 Å². The van der Waals surface area contributed by atoms with Crippen LogP contribution in [-0.4, -0.2) is 61.4 Å². The molecule has 180 valence electrons. The zero-order chi connectivity index (χ0) is 24.3. The number of benzene rings is 2. The number of fused-ring (bicyclic) bond motifs is 3. The number of carbonyl (C=O) groups excluding carboxylic acids is 2. The van der Waals surface area contributed by atoms with Gasteiger partial charge in [-0.05, 0) is 28.7 Å². The Morgan fingerprint density at radius 3 is 2.24 bits per heavy atom. The van der Waals surface area contributed by atoms with Crippen molar-refractivity contribution in [1.29, 1.82) is 0 Å². The number of halogens is 2. The summed E-state index contributed by atoms with van der Waals surface area (Å²) in [5.74, 6) is -7.45. The Balaban J connectivity index is 1.25. The summed E-state index contributed by atoms with van der Waals surface area (Å²) in [4.78, 5) is 34.9. The standard InChI is InChI=1S/C24H24F2N2O6/c25-24(26,22(31)27-10-15-9-14(11-33-15)21(29)30)13-28-23(32)34-12-20-18-7-3-1-5-16(18)17-6-2-4-8-19(17)20/h1-8,14-15,20H,9-13H2,(H,27,31)(H,28,32)(H,29,30). The number of carboxylic acid groups (broad SMARTS) is 1. The molecule has 2 atom stereocenters. The first-order valence-corrected chi connectivity index (χ1v) is 10.9. The molecule has 3 N–H and O–H groups in total. The van der Waals surface area contributed by atoms with E-state index in [1.807, 2.05) is 59.2 Å². The van der Waals surface area contributed by atoms with Crippen LogP contribution < -0.4 is 10.6 Å². The molecule has 0 spiro atoms. The van der Waals surface area contributed by atoms with E-state index in [4.69, 9.17) is 14.6 Å². The van der Waals surface area contributed by atoms with E-state index in [2.05, 4.69) is 0 Å². The van der Waals surface area contributed by atoms with Gasteiger partial charge in [0, 0.05) is 12.5 Å². The molecule has 2 aromatic carbocycles. The van der Waals surface area contributed by atoms with E-state index in [1.54, 1.807) is 0 Å². The zero-order valence-electron chi connectivity index (χ0n) is 18.1. The largest absolute Gasteiger partial charge is 0.481 e. The van der Waals surface area contributed by atoms with Gasteiger partial charge in [0.05, 0.1) is 25.2 Å². The summed E-state index contributed by atoms with van der Waals surface area (Å²) in [5, 5.41) is 12.9. The highest BCUT2D eigenvalue weighted by Crippen LogP contribution is 2.44. The van der Waals surface area contributed by atoms with Crippen molar-refractivity contribution in [2.45, 2.75) is 24.4 Å². The molecule has 8 nitrogen and oxygen atoms in total. The van der Waals surface area contributed by atoms with Gasteiger partial charge in [-0.15, -0.1) is 0 Å². The summed E-state index contributed by atoms with van der Waals surface area (Å²) in [6, 6.07) is 15.4. The number of rotatable bonds is 8. The first-order chi connectivity index (χ1) is 16.3. The molecule has 0 radical (unpaired) electrons. The number of carboxylic acids is 1. The summed E-state index contributed by atoms with van der Waals surface area (Å²) in [7, 11) is 0. The molecular weight excluding hydrogens is 450 g/mol. The van der Waals surface area contributed by atoms with Crippen LogP contribution >= 0.6 is 0 Å². The summed E-state index contributed by atoms with van der Waals surface area (Å²) >= 11 is 0. The average Bonchev–Trinajstić information content (AvgIpc) is 3.43. The highest BCUT2D eigenvalue weighted by molar-refractivity contribution is 5.84. The summed E-state index contributed by atoms with van der Waals surface area (Å²) < 4.78 is 38.7. The van der Waals surface area contributed by atoms with E-state index in [9.17, 15) is 23.2 Å². The van der Waals surface area contributed by atoms with E-state index in [1.165, 1.54) is 0 Å². The van der Waals surface area contributed by atoms with Gasteiger partial charge < -0.3 is 25.2 Å². The Hall–Kier alpha value is -3.53. The van der Waals surface area contributed by atoms with Crippen molar-refractivity contribution in [1.82, 2.24) is 10.6 Å². The fraction of sp³-hybridized carbons (Fsp3) is 0.375. The number of carbonyl (C=O) groups is 3. The third-order valence-corrected chi connectivity index (χ3v) is 6.05. The molecule has 4 rings (SSSR count). The van der Waals surface area contributed by atoms with Crippen LogP contribution in [-0.2, 0) is 19.1 Å². The first-order valence-electron chi connectivity index (χ1n) is 10.9. The minimum absolute atomic E-state index is 0.0321. The minimum Gasteiger partial charge on any atom is -0.481 e. The van der Waals surface area contributed by atoms with Gasteiger partial charge in [-0.25, -0.2) is 4.79 Å². The lowest BCUT2D eigenvalue weighted by Gasteiger charge is -2.19. The quantitative estimate of drug-likeness (QED) is 0.542. The van der Waals surface area contributed by atoms with Crippen LogP contribution in [0.1, 0.15) is 23.5 Å². The third kappa shape index (κ3) is 5.01. The fourth-order valence-corrected chi connectivity index (χ4v) is 4.27. The summed E-state index contributed by atoms with van der Waals surface area (Å²) in [5.41, 5.74) is 4.05. The Morgan fingerprint density at radius 2 is 1.65 bits per heavy atom. The number of alkyl carbamates (subject to hydrolysis) is 1. The van der Waals surface area contributed by atoms with Gasteiger partial charge in [-0.3, -0.25) is 9.59 Å². The fourth-order valence-electron chi connectivity index (χ4n) is 4.27. The van der Waals surface area contributed by atoms with Crippen molar-refractivity contribution >= 4 is 18.0 Å². The molecule has 34 heavy (non-hydrogen) atoms. The number of hydrogen-bond acceptors (Lipinski definition) is 5. The molecule has 2 aliphatic rings. The Labute approximate surface area is 194 Å². The Bertz CT molecular complexity index is 1050. The lowest BCUT2D eigenvalue weighted by atomic mass is 9.98. The minimum atomic E-state index is -3.88. The number of alkyl halides is 2. The van der Waals surface area contributed by atoms with Crippen LogP contribution in [0, 0.1) is 5.92 Å². The third-order valence-electron chi connectivity index (χ3n) is 6.05. The van der Waals surface area contributed by atoms with Crippen LogP contribution in [0.5, 0.6) is 0 Å². The molecule has 1 aliphatic heterocycles. The highest BCUT2D eigenvalue weighted by atomic mass is 19.3. The van der Waals surface area contributed by atoms with Crippen molar-refractivity contribution in [2.24, 2.45) is 5.92 Å². The molecular formula is C24H24F2N2O6. The second-order valence-electron chi connectivity index (χ2n) is 8.32. The first kappa shape index (κ1) is 23.6. The number of nitrogens with one attached hydrogen (secondary N) is 2. The molecule has 0 aromatic heterocycles. The summed E-state index contributed by atoms with van der Waals surface area (Å²) in [6.45, 7) is -1.56. The van der Waals surface area contributed by atoms with Crippen LogP contribution in [0.3, 0.4) is 0 Å². The lowest BCUT2D eigenvalue weighted by molar-refractivity contribution is -0.145. The molecule has 1 heterocycles. The van der Waals surface area contributed by atoms with Crippen LogP contribution in [0.2, 0.25) is 0 Å². The smallest absolute Gasteiger partial charge is 0.407 e. The molecule has 2 unspecified atom stereocenters. The second kappa shape index (κ2) is 9.76. The van der Waals surface area contributed by atoms with Crippen molar-refractivity contribution < 1.29 is 37.7 Å². The van der Waals surface area contributed by atoms with Crippen LogP contribution in [0.15, 0.2) is 48.5 Å². The molecule has 10 heteroatoms. The predicted molar refractivity (Wildman–Crippen MR) is 117 cm³/mol. The van der Waals surface area contributed by atoms with Gasteiger partial charge >= 0.3 is 18.0 Å². The normalized spacial score (nSPS) is 19.2. The van der Waals surface area contributed by atoms with Gasteiger partial charge in [0.2, 0.25) is 0 Å². The molecule has 1 saturated heterocycles. The lowest BCUT2D eigenvalue weighted by Crippen LogP contribution is -2.49. The van der Waals surface area contributed by atoms with E-state index in [0.29, 0.717) is 0 Å².